The first-order valence-corrected chi connectivity index (χ1v) is 11.7. The Labute approximate surface area is 205 Å². The highest BCUT2D eigenvalue weighted by atomic mass is 16.4. The maximum atomic E-state index is 12.4. The van der Waals surface area contributed by atoms with E-state index in [1.807, 2.05) is 13.8 Å². The molecule has 10 nitrogen and oxygen atoms in total. The number of carboxylic acid groups (broad SMARTS) is 1. The minimum absolute atomic E-state index is 0.00944. The second kappa shape index (κ2) is 14.2. The van der Waals surface area contributed by atoms with E-state index in [0.29, 0.717) is 12.0 Å². The first-order chi connectivity index (χ1) is 16.3. The molecule has 0 aliphatic carbocycles. The Kier molecular flexibility index (Phi) is 12.1. The van der Waals surface area contributed by atoms with Crippen LogP contribution in [0, 0.1) is 17.8 Å². The highest BCUT2D eigenvalue weighted by Gasteiger charge is 2.26. The molecular formula is C25H37N3O7. The van der Waals surface area contributed by atoms with Crippen LogP contribution < -0.4 is 16.4 Å². The summed E-state index contributed by atoms with van der Waals surface area (Å²) in [5, 5.41) is 23.7. The average molecular weight is 492 g/mol. The number of nitrogens with one attached hydrogen (secondary N) is 2. The van der Waals surface area contributed by atoms with Crippen LogP contribution in [-0.2, 0) is 30.4 Å². The minimum Gasteiger partial charge on any atom is -0.508 e. The van der Waals surface area contributed by atoms with Crippen LogP contribution in [0.2, 0.25) is 0 Å². The third kappa shape index (κ3) is 11.1. The van der Waals surface area contributed by atoms with Crippen LogP contribution in [0.5, 0.6) is 5.75 Å². The van der Waals surface area contributed by atoms with Crippen molar-refractivity contribution in [2.24, 2.45) is 23.5 Å². The van der Waals surface area contributed by atoms with Gasteiger partial charge in [-0.2, -0.15) is 0 Å². The van der Waals surface area contributed by atoms with Crippen molar-refractivity contribution in [3.8, 4) is 5.75 Å². The summed E-state index contributed by atoms with van der Waals surface area (Å²) >= 11 is 0. The van der Waals surface area contributed by atoms with Crippen LogP contribution in [0.4, 0.5) is 0 Å². The van der Waals surface area contributed by atoms with Gasteiger partial charge in [0, 0.05) is 31.1 Å². The molecule has 0 bridgehead atoms. The van der Waals surface area contributed by atoms with Crippen molar-refractivity contribution in [2.75, 3.05) is 6.54 Å². The fraction of sp³-hybridized carbons (Fsp3) is 0.560. The molecule has 35 heavy (non-hydrogen) atoms. The molecule has 0 unspecified atom stereocenters. The van der Waals surface area contributed by atoms with Gasteiger partial charge in [0.15, 0.2) is 5.78 Å². The van der Waals surface area contributed by atoms with Gasteiger partial charge >= 0.3 is 5.97 Å². The normalized spacial score (nSPS) is 14.5. The van der Waals surface area contributed by atoms with E-state index < -0.39 is 47.5 Å². The van der Waals surface area contributed by atoms with Gasteiger partial charge in [0.2, 0.25) is 11.8 Å². The van der Waals surface area contributed by atoms with E-state index in [9.17, 15) is 34.2 Å². The summed E-state index contributed by atoms with van der Waals surface area (Å²) in [7, 11) is 0. The van der Waals surface area contributed by atoms with Gasteiger partial charge in [-0.3, -0.25) is 19.2 Å². The van der Waals surface area contributed by atoms with Crippen LogP contribution >= 0.6 is 0 Å². The summed E-state index contributed by atoms with van der Waals surface area (Å²) in [4.78, 5) is 60.6. The zero-order valence-electron chi connectivity index (χ0n) is 20.7. The predicted molar refractivity (Wildman–Crippen MR) is 129 cm³/mol. The lowest BCUT2D eigenvalue weighted by Crippen LogP contribution is -2.45. The fourth-order valence-electron chi connectivity index (χ4n) is 3.43. The molecule has 0 saturated carbocycles. The Balaban J connectivity index is 2.50. The van der Waals surface area contributed by atoms with Gasteiger partial charge in [0.05, 0.1) is 12.6 Å². The Bertz CT molecular complexity index is 899. The Morgan fingerprint density at radius 3 is 2.03 bits per heavy atom. The van der Waals surface area contributed by atoms with Crippen molar-refractivity contribution in [3.63, 3.8) is 0 Å². The molecule has 10 heteroatoms. The topological polar surface area (TPSA) is 176 Å². The number of hydrogen-bond donors (Lipinski definition) is 5. The summed E-state index contributed by atoms with van der Waals surface area (Å²) < 4.78 is 0. The van der Waals surface area contributed by atoms with Gasteiger partial charge in [-0.15, -0.1) is 0 Å². The largest absolute Gasteiger partial charge is 0.508 e. The Morgan fingerprint density at radius 1 is 0.914 bits per heavy atom. The van der Waals surface area contributed by atoms with E-state index in [0.717, 1.165) is 0 Å². The van der Waals surface area contributed by atoms with Crippen LogP contribution in [0.1, 0.15) is 52.5 Å². The van der Waals surface area contributed by atoms with Gasteiger partial charge in [-0.25, -0.2) is 4.79 Å². The number of aromatic hydroxyl groups is 1. The molecular weight excluding hydrogens is 454 g/mol. The fourth-order valence-corrected chi connectivity index (χ4v) is 3.43. The second-order valence-corrected chi connectivity index (χ2v) is 9.44. The van der Waals surface area contributed by atoms with Crippen LogP contribution in [0.15, 0.2) is 24.3 Å². The number of phenols is 1. The number of nitrogens with two attached hydrogens (primary N) is 1. The van der Waals surface area contributed by atoms with Gasteiger partial charge in [-0.1, -0.05) is 39.8 Å². The van der Waals surface area contributed by atoms with Crippen LogP contribution in [-0.4, -0.2) is 58.2 Å². The van der Waals surface area contributed by atoms with Crippen LogP contribution in [0.25, 0.3) is 0 Å². The summed E-state index contributed by atoms with van der Waals surface area (Å²) in [5.74, 6) is -4.06. The lowest BCUT2D eigenvalue weighted by atomic mass is 9.94. The zero-order valence-corrected chi connectivity index (χ0v) is 20.7. The number of Topliss-reactive ketones (excluding diaryl/α,β-unsaturated/α-hetero) is 2. The summed E-state index contributed by atoms with van der Waals surface area (Å²) in [5.41, 5.74) is 6.46. The number of phenolic OH excluding ortho intramolecular Hbond substituents is 1. The van der Waals surface area contributed by atoms with E-state index in [1.54, 1.807) is 19.1 Å². The molecule has 2 amide bonds. The number of carboxylic acids is 1. The van der Waals surface area contributed by atoms with Gasteiger partial charge in [-0.05, 0) is 30.0 Å². The molecule has 0 aliphatic heterocycles. The third-order valence-corrected chi connectivity index (χ3v) is 5.53. The van der Waals surface area contributed by atoms with Crippen molar-refractivity contribution < 1.29 is 34.2 Å². The molecule has 0 spiro atoms. The summed E-state index contributed by atoms with van der Waals surface area (Å²) in [6.07, 6.45) is 0.327. The number of rotatable bonds is 15. The molecule has 0 radical (unpaired) electrons. The van der Waals surface area contributed by atoms with E-state index >= 15 is 0 Å². The third-order valence-electron chi connectivity index (χ3n) is 5.53. The van der Waals surface area contributed by atoms with Gasteiger partial charge in [0.1, 0.15) is 17.6 Å². The number of carbonyl (C=O) groups is 5. The van der Waals surface area contributed by atoms with Gasteiger partial charge < -0.3 is 26.6 Å². The molecule has 194 valence electrons. The molecule has 0 fully saturated rings. The molecule has 0 aromatic heterocycles. The van der Waals surface area contributed by atoms with Crippen molar-refractivity contribution in [1.29, 1.82) is 0 Å². The lowest BCUT2D eigenvalue weighted by Gasteiger charge is -2.18. The van der Waals surface area contributed by atoms with E-state index in [-0.39, 0.29) is 43.3 Å². The highest BCUT2D eigenvalue weighted by Crippen LogP contribution is 2.13. The first-order valence-electron chi connectivity index (χ1n) is 11.7. The average Bonchev–Trinajstić information content (AvgIpc) is 2.77. The monoisotopic (exact) mass is 491 g/mol. The van der Waals surface area contributed by atoms with Crippen molar-refractivity contribution in [3.05, 3.63) is 29.8 Å². The number of amides is 2. The SMILES string of the molecule is CC(C)C[C@H](N)C(=O)C[C@@H](C)C(=O)NCC(=O)C[C@@H](C)C(=O)N[C@@H](Cc1ccc(O)cc1)C(=O)O. The van der Waals surface area contributed by atoms with Crippen molar-refractivity contribution in [1.82, 2.24) is 10.6 Å². The quantitative estimate of drug-likeness (QED) is 0.243. The molecule has 0 heterocycles. The summed E-state index contributed by atoms with van der Waals surface area (Å²) in [6, 6.07) is 4.11. The van der Waals surface area contributed by atoms with Crippen molar-refractivity contribution in [2.45, 2.75) is 65.5 Å². The highest BCUT2D eigenvalue weighted by molar-refractivity contribution is 5.93. The molecule has 4 atom stereocenters. The maximum Gasteiger partial charge on any atom is 0.326 e. The molecule has 0 aliphatic rings. The van der Waals surface area contributed by atoms with Crippen molar-refractivity contribution >= 4 is 29.4 Å². The standard InChI is InChI=1S/C25H37N3O7/c1-14(2)9-20(26)22(31)11-16(4)23(32)27-13-19(30)10-15(3)24(33)28-21(25(34)35)12-17-5-7-18(29)8-6-17/h5-8,14-16,20-21,29H,9-13,26H2,1-4H3,(H,27,32)(H,28,33)(H,34,35)/t15-,16-,20+,21+/m1/s1. The smallest absolute Gasteiger partial charge is 0.326 e. The first kappa shape index (κ1) is 29.8. The second-order valence-electron chi connectivity index (χ2n) is 9.44. The van der Waals surface area contributed by atoms with E-state index in [2.05, 4.69) is 10.6 Å². The zero-order chi connectivity index (χ0) is 26.7. The Hall–Kier alpha value is -3.27. The molecule has 1 aromatic carbocycles. The Morgan fingerprint density at radius 2 is 1.49 bits per heavy atom. The molecule has 1 aromatic rings. The number of carbonyl (C=O) groups excluding carboxylic acids is 4. The molecule has 1 rings (SSSR count). The summed E-state index contributed by atoms with van der Waals surface area (Å²) in [6.45, 7) is 6.67. The van der Waals surface area contributed by atoms with Gasteiger partial charge in [0.25, 0.3) is 0 Å². The number of hydrogen-bond acceptors (Lipinski definition) is 7. The van der Waals surface area contributed by atoms with E-state index in [4.69, 9.17) is 5.73 Å². The lowest BCUT2D eigenvalue weighted by molar-refractivity contribution is -0.142. The van der Waals surface area contributed by atoms with Crippen LogP contribution in [0.3, 0.4) is 0 Å². The number of benzene rings is 1. The maximum absolute atomic E-state index is 12.4. The molecule has 0 saturated heterocycles. The number of ketones is 2. The predicted octanol–water partition coefficient (Wildman–Crippen LogP) is 1.18. The van der Waals surface area contributed by atoms with E-state index in [1.165, 1.54) is 19.1 Å². The number of aliphatic carboxylic acids is 1. The minimum atomic E-state index is -1.23. The molecule has 6 N–H and O–H groups in total.